The van der Waals surface area contributed by atoms with Crippen LogP contribution in [0.3, 0.4) is 0 Å². The molecule has 78 valence electrons. The van der Waals surface area contributed by atoms with Gasteiger partial charge in [0, 0.05) is 12.8 Å². The van der Waals surface area contributed by atoms with Gasteiger partial charge in [-0.25, -0.2) is 8.42 Å². The number of hydrogen-bond donors (Lipinski definition) is 2. The highest BCUT2D eigenvalue weighted by Crippen LogP contribution is 2.00. The molecule has 0 aromatic rings. The van der Waals surface area contributed by atoms with E-state index in [0.29, 0.717) is 0 Å². The molecule has 2 N–H and O–H groups in total. The van der Waals surface area contributed by atoms with E-state index >= 15 is 0 Å². The standard InChI is InChI=1S/C7H15NO4S/c1-7(2,6(9)10)8-4-5-13(3,11)12/h8H,4-5H2,1-3H3,(H,9,10). The molecule has 0 fully saturated rings. The molecule has 0 atom stereocenters. The summed E-state index contributed by atoms with van der Waals surface area (Å²) in [6.45, 7) is 3.12. The van der Waals surface area contributed by atoms with E-state index in [-0.39, 0.29) is 12.3 Å². The van der Waals surface area contributed by atoms with Crippen molar-refractivity contribution in [2.75, 3.05) is 18.6 Å². The minimum Gasteiger partial charge on any atom is -0.480 e. The van der Waals surface area contributed by atoms with Gasteiger partial charge in [0.05, 0.1) is 5.75 Å². The van der Waals surface area contributed by atoms with Crippen LogP contribution < -0.4 is 5.32 Å². The SMILES string of the molecule is CC(C)(NCCS(C)(=O)=O)C(=O)O. The van der Waals surface area contributed by atoms with E-state index in [4.69, 9.17) is 5.11 Å². The first kappa shape index (κ1) is 12.4. The van der Waals surface area contributed by atoms with E-state index in [1.807, 2.05) is 0 Å². The summed E-state index contributed by atoms with van der Waals surface area (Å²) in [5.74, 6) is -1.05. The normalized spacial score (nSPS) is 12.8. The summed E-state index contributed by atoms with van der Waals surface area (Å²) >= 11 is 0. The van der Waals surface area contributed by atoms with Gasteiger partial charge in [0.1, 0.15) is 15.4 Å². The molecule has 0 rings (SSSR count). The van der Waals surface area contributed by atoms with E-state index in [1.54, 1.807) is 0 Å². The number of carboxylic acid groups (broad SMARTS) is 1. The van der Waals surface area contributed by atoms with Crippen LogP contribution in [-0.4, -0.2) is 43.6 Å². The van der Waals surface area contributed by atoms with Gasteiger partial charge < -0.3 is 10.4 Å². The highest BCUT2D eigenvalue weighted by molar-refractivity contribution is 7.90. The molecule has 0 aliphatic carbocycles. The van der Waals surface area contributed by atoms with E-state index < -0.39 is 21.3 Å². The van der Waals surface area contributed by atoms with Crippen molar-refractivity contribution >= 4 is 15.8 Å². The van der Waals surface area contributed by atoms with Crippen molar-refractivity contribution in [3.63, 3.8) is 0 Å². The van der Waals surface area contributed by atoms with Crippen molar-refractivity contribution in [2.24, 2.45) is 0 Å². The molecule has 0 saturated carbocycles. The summed E-state index contributed by atoms with van der Waals surface area (Å²) in [5.41, 5.74) is -1.08. The molecule has 0 aliphatic heterocycles. The summed E-state index contributed by atoms with van der Waals surface area (Å²) in [6.07, 6.45) is 1.11. The summed E-state index contributed by atoms with van der Waals surface area (Å²) in [5, 5.41) is 11.3. The third-order valence-corrected chi connectivity index (χ3v) is 2.52. The van der Waals surface area contributed by atoms with Gasteiger partial charge in [-0.1, -0.05) is 0 Å². The molecule has 13 heavy (non-hydrogen) atoms. The first-order valence-corrected chi connectivity index (χ1v) is 5.87. The highest BCUT2D eigenvalue weighted by Gasteiger charge is 2.25. The number of rotatable bonds is 5. The zero-order valence-electron chi connectivity index (χ0n) is 7.99. The topological polar surface area (TPSA) is 83.5 Å². The molecule has 0 amide bonds. The number of carbonyl (C=O) groups is 1. The zero-order chi connectivity index (χ0) is 10.7. The second-order valence-electron chi connectivity index (χ2n) is 3.49. The summed E-state index contributed by atoms with van der Waals surface area (Å²) < 4.78 is 21.4. The maximum atomic E-state index is 10.7. The van der Waals surface area contributed by atoms with Crippen molar-refractivity contribution in [3.05, 3.63) is 0 Å². The first-order chi connectivity index (χ1) is 5.65. The Bertz CT molecular complexity index is 281. The predicted molar refractivity (Wildman–Crippen MR) is 49.4 cm³/mol. The van der Waals surface area contributed by atoms with E-state index in [0.717, 1.165) is 6.26 Å². The first-order valence-electron chi connectivity index (χ1n) is 3.81. The fraction of sp³-hybridized carbons (Fsp3) is 0.857. The van der Waals surface area contributed by atoms with Gasteiger partial charge in [0.25, 0.3) is 0 Å². The average Bonchev–Trinajstić information content (AvgIpc) is 1.82. The van der Waals surface area contributed by atoms with Crippen LogP contribution in [0.25, 0.3) is 0 Å². The van der Waals surface area contributed by atoms with E-state index in [2.05, 4.69) is 5.32 Å². The number of carboxylic acids is 1. The highest BCUT2D eigenvalue weighted by atomic mass is 32.2. The summed E-state index contributed by atoms with van der Waals surface area (Å²) in [7, 11) is -3.03. The Kier molecular flexibility index (Phi) is 3.87. The van der Waals surface area contributed by atoms with Crippen molar-refractivity contribution in [3.8, 4) is 0 Å². The average molecular weight is 209 g/mol. The molecule has 0 spiro atoms. The second kappa shape index (κ2) is 4.06. The molecule has 0 radical (unpaired) electrons. The van der Waals surface area contributed by atoms with Crippen LogP contribution in [-0.2, 0) is 14.6 Å². The maximum Gasteiger partial charge on any atom is 0.323 e. The van der Waals surface area contributed by atoms with Crippen LogP contribution in [0.4, 0.5) is 0 Å². The Morgan fingerprint density at radius 1 is 1.46 bits per heavy atom. The van der Waals surface area contributed by atoms with Crippen molar-refractivity contribution < 1.29 is 18.3 Å². The van der Waals surface area contributed by atoms with Crippen LogP contribution in [0, 0.1) is 0 Å². The third kappa shape index (κ3) is 5.59. The summed E-state index contributed by atoms with van der Waals surface area (Å²) in [4.78, 5) is 10.6. The molecule has 5 nitrogen and oxygen atoms in total. The van der Waals surface area contributed by atoms with Crippen LogP contribution in [0.1, 0.15) is 13.8 Å². The van der Waals surface area contributed by atoms with Gasteiger partial charge in [0.15, 0.2) is 0 Å². The van der Waals surface area contributed by atoms with Gasteiger partial charge in [-0.3, -0.25) is 4.79 Å². The van der Waals surface area contributed by atoms with Crippen molar-refractivity contribution in [2.45, 2.75) is 19.4 Å². The molecular weight excluding hydrogens is 194 g/mol. The molecular formula is C7H15NO4S. The minimum atomic E-state index is -3.03. The molecule has 0 unspecified atom stereocenters. The van der Waals surface area contributed by atoms with Crippen molar-refractivity contribution in [1.82, 2.24) is 5.32 Å². The van der Waals surface area contributed by atoms with Crippen LogP contribution in [0.15, 0.2) is 0 Å². The Balaban J connectivity index is 3.98. The molecule has 0 heterocycles. The lowest BCUT2D eigenvalue weighted by Crippen LogP contribution is -2.48. The Hall–Kier alpha value is -0.620. The van der Waals surface area contributed by atoms with E-state index in [9.17, 15) is 13.2 Å². The quantitative estimate of drug-likeness (QED) is 0.636. The molecule has 0 aliphatic rings. The van der Waals surface area contributed by atoms with E-state index in [1.165, 1.54) is 13.8 Å². The largest absolute Gasteiger partial charge is 0.480 e. The molecule has 0 aromatic carbocycles. The third-order valence-electron chi connectivity index (χ3n) is 1.57. The Morgan fingerprint density at radius 2 is 1.92 bits per heavy atom. The Morgan fingerprint density at radius 3 is 2.23 bits per heavy atom. The van der Waals surface area contributed by atoms with Crippen LogP contribution >= 0.6 is 0 Å². The number of nitrogens with one attached hydrogen (secondary N) is 1. The molecule has 0 bridgehead atoms. The molecule has 6 heteroatoms. The fourth-order valence-corrected chi connectivity index (χ4v) is 1.10. The second-order valence-corrected chi connectivity index (χ2v) is 5.75. The minimum absolute atomic E-state index is 0.0519. The number of hydrogen-bond acceptors (Lipinski definition) is 4. The zero-order valence-corrected chi connectivity index (χ0v) is 8.81. The monoisotopic (exact) mass is 209 g/mol. The van der Waals surface area contributed by atoms with Gasteiger partial charge in [0.2, 0.25) is 0 Å². The maximum absolute atomic E-state index is 10.7. The lowest BCUT2D eigenvalue weighted by molar-refractivity contribution is -0.143. The van der Waals surface area contributed by atoms with Gasteiger partial charge in [-0.2, -0.15) is 0 Å². The summed E-state index contributed by atoms with van der Waals surface area (Å²) in [6, 6.07) is 0. The molecule has 0 aromatic heterocycles. The molecule has 0 saturated heterocycles. The van der Waals surface area contributed by atoms with Crippen molar-refractivity contribution in [1.29, 1.82) is 0 Å². The van der Waals surface area contributed by atoms with Crippen LogP contribution in [0.2, 0.25) is 0 Å². The predicted octanol–water partition coefficient (Wildman–Crippen LogP) is -0.516. The smallest absolute Gasteiger partial charge is 0.323 e. The number of aliphatic carboxylic acids is 1. The van der Waals surface area contributed by atoms with Gasteiger partial charge >= 0.3 is 5.97 Å². The van der Waals surface area contributed by atoms with Gasteiger partial charge in [-0.15, -0.1) is 0 Å². The fourth-order valence-electron chi connectivity index (χ4n) is 0.625. The lowest BCUT2D eigenvalue weighted by Gasteiger charge is -2.20. The lowest BCUT2D eigenvalue weighted by atomic mass is 10.1. The number of sulfone groups is 1. The van der Waals surface area contributed by atoms with Crippen LogP contribution in [0.5, 0.6) is 0 Å². The van der Waals surface area contributed by atoms with Gasteiger partial charge in [-0.05, 0) is 13.8 Å². The Labute approximate surface area is 78.1 Å².